The van der Waals surface area contributed by atoms with Crippen LogP contribution in [0.15, 0.2) is 48.5 Å². The molecule has 1 aliphatic heterocycles. The Morgan fingerprint density at radius 1 is 1.19 bits per heavy atom. The van der Waals surface area contributed by atoms with E-state index in [2.05, 4.69) is 34.5 Å². The number of nitrogens with zero attached hydrogens (tertiary/aromatic N) is 1. The van der Waals surface area contributed by atoms with Crippen LogP contribution in [0.4, 0.5) is 0 Å². The Morgan fingerprint density at radius 2 is 1.96 bits per heavy atom. The molecule has 2 aromatic carbocycles. The molecule has 3 rings (SSSR count). The highest BCUT2D eigenvalue weighted by atomic mass is 16.5. The van der Waals surface area contributed by atoms with E-state index in [1.165, 1.54) is 5.56 Å². The van der Waals surface area contributed by atoms with Gasteiger partial charge in [-0.15, -0.1) is 0 Å². The first kappa shape index (κ1) is 19.2. The normalized spacial score (nSPS) is 18.1. The molecule has 0 saturated carbocycles. The Bertz CT molecular complexity index is 763. The number of nitrogens with one attached hydrogen (secondary N) is 1. The van der Waals surface area contributed by atoms with Gasteiger partial charge in [-0.25, -0.2) is 0 Å². The van der Waals surface area contributed by atoms with Crippen molar-refractivity contribution in [3.63, 3.8) is 0 Å². The molecule has 5 nitrogen and oxygen atoms in total. The van der Waals surface area contributed by atoms with E-state index >= 15 is 0 Å². The zero-order valence-electron chi connectivity index (χ0n) is 16.3. The van der Waals surface area contributed by atoms with Crippen molar-refractivity contribution >= 4 is 5.91 Å². The Kier molecular flexibility index (Phi) is 6.35. The summed E-state index contributed by atoms with van der Waals surface area (Å²) in [6, 6.07) is 16.0. The second-order valence-corrected chi connectivity index (χ2v) is 7.03. The summed E-state index contributed by atoms with van der Waals surface area (Å²) in [4.78, 5) is 14.8. The summed E-state index contributed by atoms with van der Waals surface area (Å²) in [5, 5.41) is 3.09. The van der Waals surface area contributed by atoms with E-state index in [1.54, 1.807) is 14.2 Å². The van der Waals surface area contributed by atoms with Gasteiger partial charge in [0.2, 0.25) is 5.91 Å². The second-order valence-electron chi connectivity index (χ2n) is 7.03. The number of rotatable bonds is 7. The van der Waals surface area contributed by atoms with Crippen molar-refractivity contribution in [3.8, 4) is 11.5 Å². The van der Waals surface area contributed by atoms with Crippen LogP contribution in [0.25, 0.3) is 0 Å². The van der Waals surface area contributed by atoms with E-state index in [9.17, 15) is 4.79 Å². The lowest BCUT2D eigenvalue weighted by Crippen LogP contribution is -2.37. The van der Waals surface area contributed by atoms with Gasteiger partial charge in [-0.3, -0.25) is 9.69 Å². The van der Waals surface area contributed by atoms with Crippen LogP contribution in [0.3, 0.4) is 0 Å². The standard InChI is InChI=1S/C22H28N2O3/c1-16(20-13-19(26-2)9-10-21(20)27-3)23-22(25)15-24-12-11-18(14-24)17-7-5-4-6-8-17/h4-10,13,16,18H,11-12,14-15H2,1-3H3,(H,23,25)/t16-,18-/m0/s1. The van der Waals surface area contributed by atoms with Crippen molar-refractivity contribution in [2.75, 3.05) is 33.9 Å². The predicted octanol–water partition coefficient (Wildman–Crippen LogP) is 3.37. The van der Waals surface area contributed by atoms with Crippen molar-refractivity contribution in [3.05, 3.63) is 59.7 Å². The van der Waals surface area contributed by atoms with Crippen molar-refractivity contribution in [1.82, 2.24) is 10.2 Å². The first-order valence-corrected chi connectivity index (χ1v) is 9.39. The largest absolute Gasteiger partial charge is 0.497 e. The third-order valence-electron chi connectivity index (χ3n) is 5.19. The van der Waals surface area contributed by atoms with Crippen LogP contribution < -0.4 is 14.8 Å². The van der Waals surface area contributed by atoms with Crippen molar-refractivity contribution in [1.29, 1.82) is 0 Å². The molecule has 0 unspecified atom stereocenters. The van der Waals surface area contributed by atoms with Gasteiger partial charge in [-0.1, -0.05) is 30.3 Å². The molecule has 5 heteroatoms. The number of benzene rings is 2. The summed E-state index contributed by atoms with van der Waals surface area (Å²) in [6.07, 6.45) is 1.09. The molecule has 1 fully saturated rings. The quantitative estimate of drug-likeness (QED) is 0.814. The van der Waals surface area contributed by atoms with Crippen molar-refractivity contribution < 1.29 is 14.3 Å². The second kappa shape index (κ2) is 8.91. The fourth-order valence-corrected chi connectivity index (χ4v) is 3.72. The molecule has 1 aliphatic rings. The number of hydrogen-bond acceptors (Lipinski definition) is 4. The average Bonchev–Trinajstić information content (AvgIpc) is 3.16. The lowest BCUT2D eigenvalue weighted by Gasteiger charge is -2.21. The summed E-state index contributed by atoms with van der Waals surface area (Å²) >= 11 is 0. The number of likely N-dealkylation sites (tertiary alicyclic amines) is 1. The van der Waals surface area contributed by atoms with E-state index in [0.29, 0.717) is 12.5 Å². The molecule has 1 N–H and O–H groups in total. The fourth-order valence-electron chi connectivity index (χ4n) is 3.72. The van der Waals surface area contributed by atoms with Crippen LogP contribution in [-0.2, 0) is 4.79 Å². The van der Waals surface area contributed by atoms with E-state index in [0.717, 1.165) is 36.6 Å². The van der Waals surface area contributed by atoms with Crippen LogP contribution >= 0.6 is 0 Å². The highest BCUT2D eigenvalue weighted by Crippen LogP contribution is 2.30. The molecule has 0 radical (unpaired) electrons. The number of methoxy groups -OCH3 is 2. The summed E-state index contributed by atoms with van der Waals surface area (Å²) < 4.78 is 10.7. The molecule has 0 aromatic heterocycles. The van der Waals surface area contributed by atoms with Gasteiger partial charge in [0.05, 0.1) is 26.8 Å². The van der Waals surface area contributed by atoms with Gasteiger partial charge in [0.25, 0.3) is 0 Å². The highest BCUT2D eigenvalue weighted by molar-refractivity contribution is 5.78. The van der Waals surface area contributed by atoms with Crippen molar-refractivity contribution in [2.24, 2.45) is 0 Å². The fraction of sp³-hybridized carbons (Fsp3) is 0.409. The highest BCUT2D eigenvalue weighted by Gasteiger charge is 2.25. The summed E-state index contributed by atoms with van der Waals surface area (Å²) in [5.41, 5.74) is 2.27. The molecular weight excluding hydrogens is 340 g/mol. The third-order valence-corrected chi connectivity index (χ3v) is 5.19. The number of carbonyl (C=O) groups is 1. The van der Waals surface area contributed by atoms with Crippen LogP contribution in [0.5, 0.6) is 11.5 Å². The summed E-state index contributed by atoms with van der Waals surface area (Å²) in [7, 11) is 3.26. The first-order valence-electron chi connectivity index (χ1n) is 9.39. The minimum absolute atomic E-state index is 0.0288. The maximum atomic E-state index is 12.6. The number of carbonyl (C=O) groups excluding carboxylic acids is 1. The third kappa shape index (κ3) is 4.80. The molecule has 0 aliphatic carbocycles. The van der Waals surface area contributed by atoms with Gasteiger partial charge in [-0.05, 0) is 49.6 Å². The summed E-state index contributed by atoms with van der Waals surface area (Å²) in [6.45, 7) is 4.25. The van der Waals surface area contributed by atoms with Gasteiger partial charge >= 0.3 is 0 Å². The van der Waals surface area contributed by atoms with Crippen LogP contribution in [0.1, 0.15) is 36.4 Å². The first-order chi connectivity index (χ1) is 13.1. The number of ether oxygens (including phenoxy) is 2. The van der Waals surface area contributed by atoms with Gasteiger partial charge in [0.15, 0.2) is 0 Å². The molecule has 1 saturated heterocycles. The zero-order valence-corrected chi connectivity index (χ0v) is 16.3. The Hall–Kier alpha value is -2.53. The Morgan fingerprint density at radius 3 is 2.67 bits per heavy atom. The maximum Gasteiger partial charge on any atom is 0.234 e. The van der Waals surface area contributed by atoms with E-state index < -0.39 is 0 Å². The minimum Gasteiger partial charge on any atom is -0.497 e. The van der Waals surface area contributed by atoms with E-state index in [1.807, 2.05) is 31.2 Å². The van der Waals surface area contributed by atoms with Gasteiger partial charge in [0, 0.05) is 12.1 Å². The Labute approximate surface area is 161 Å². The molecule has 2 atom stereocenters. The lowest BCUT2D eigenvalue weighted by atomic mass is 9.99. The van der Waals surface area contributed by atoms with E-state index in [4.69, 9.17) is 9.47 Å². The molecule has 1 heterocycles. The summed E-state index contributed by atoms with van der Waals surface area (Å²) in [5.74, 6) is 2.03. The van der Waals surface area contributed by atoms with E-state index in [-0.39, 0.29) is 11.9 Å². The van der Waals surface area contributed by atoms with Gasteiger partial charge in [0.1, 0.15) is 11.5 Å². The number of amides is 1. The smallest absolute Gasteiger partial charge is 0.234 e. The Balaban J connectivity index is 1.57. The van der Waals surface area contributed by atoms with Crippen molar-refractivity contribution in [2.45, 2.75) is 25.3 Å². The lowest BCUT2D eigenvalue weighted by molar-refractivity contribution is -0.122. The molecule has 2 aromatic rings. The van der Waals surface area contributed by atoms with Gasteiger partial charge in [-0.2, -0.15) is 0 Å². The monoisotopic (exact) mass is 368 g/mol. The molecule has 144 valence electrons. The SMILES string of the molecule is COc1ccc(OC)c([C@H](C)NC(=O)CN2CC[C@H](c3ccccc3)C2)c1. The molecule has 0 spiro atoms. The molecule has 1 amide bonds. The van der Waals surface area contributed by atoms with Crippen LogP contribution in [0, 0.1) is 0 Å². The maximum absolute atomic E-state index is 12.6. The van der Waals surface area contributed by atoms with Gasteiger partial charge < -0.3 is 14.8 Å². The molecular formula is C22H28N2O3. The number of hydrogen-bond donors (Lipinski definition) is 1. The average molecular weight is 368 g/mol. The zero-order chi connectivity index (χ0) is 19.2. The molecule has 0 bridgehead atoms. The minimum atomic E-state index is -0.157. The van der Waals surface area contributed by atoms with Crippen LogP contribution in [-0.4, -0.2) is 44.7 Å². The van der Waals surface area contributed by atoms with Crippen LogP contribution in [0.2, 0.25) is 0 Å². The predicted molar refractivity (Wildman–Crippen MR) is 106 cm³/mol. The topological polar surface area (TPSA) is 50.8 Å². The molecule has 27 heavy (non-hydrogen) atoms.